The molecule has 1 amide bonds. The van der Waals surface area contributed by atoms with Gasteiger partial charge in [0.1, 0.15) is 5.88 Å². The second-order valence-corrected chi connectivity index (χ2v) is 2.91. The summed E-state index contributed by atoms with van der Waals surface area (Å²) in [4.78, 5) is 12.9. The number of amides is 1. The lowest BCUT2D eigenvalue weighted by atomic mass is 10.2. The molecular weight excluding hydrogens is 166 g/mol. The van der Waals surface area contributed by atoms with Crippen molar-refractivity contribution in [3.05, 3.63) is 0 Å². The SMILES string of the molecule is CC1COCCN1C(=O)CCl. The predicted octanol–water partition coefficient (Wildman–Crippen LogP) is 0.472. The molecule has 1 atom stereocenters. The van der Waals surface area contributed by atoms with Gasteiger partial charge in [0.15, 0.2) is 0 Å². The first-order valence-electron chi connectivity index (χ1n) is 3.69. The number of carbonyl (C=O) groups excluding carboxylic acids is 1. The lowest BCUT2D eigenvalue weighted by Gasteiger charge is -2.32. The van der Waals surface area contributed by atoms with Gasteiger partial charge in [-0.1, -0.05) is 0 Å². The summed E-state index contributed by atoms with van der Waals surface area (Å²) in [7, 11) is 0. The molecule has 1 unspecified atom stereocenters. The molecular formula is C7H12ClNO2. The van der Waals surface area contributed by atoms with Gasteiger partial charge >= 0.3 is 0 Å². The van der Waals surface area contributed by atoms with Crippen LogP contribution in [0.25, 0.3) is 0 Å². The smallest absolute Gasteiger partial charge is 0.237 e. The molecule has 0 radical (unpaired) electrons. The average molecular weight is 178 g/mol. The van der Waals surface area contributed by atoms with Gasteiger partial charge in [0.2, 0.25) is 5.91 Å². The minimum Gasteiger partial charge on any atom is -0.377 e. The third-order valence-corrected chi connectivity index (χ3v) is 2.03. The predicted molar refractivity (Wildman–Crippen MR) is 42.7 cm³/mol. The van der Waals surface area contributed by atoms with Gasteiger partial charge in [0, 0.05) is 6.54 Å². The topological polar surface area (TPSA) is 29.5 Å². The summed E-state index contributed by atoms with van der Waals surface area (Å²) in [5.41, 5.74) is 0. The zero-order valence-corrected chi connectivity index (χ0v) is 7.30. The van der Waals surface area contributed by atoms with Crippen LogP contribution in [-0.4, -0.2) is 42.5 Å². The van der Waals surface area contributed by atoms with Crippen molar-refractivity contribution < 1.29 is 9.53 Å². The number of rotatable bonds is 1. The van der Waals surface area contributed by atoms with Crippen LogP contribution < -0.4 is 0 Å². The Labute approximate surface area is 71.3 Å². The third-order valence-electron chi connectivity index (χ3n) is 1.80. The van der Waals surface area contributed by atoms with E-state index in [2.05, 4.69) is 0 Å². The quantitative estimate of drug-likeness (QED) is 0.545. The van der Waals surface area contributed by atoms with Gasteiger partial charge in [-0.25, -0.2) is 0 Å². The van der Waals surface area contributed by atoms with Crippen LogP contribution in [-0.2, 0) is 9.53 Å². The molecule has 0 aromatic carbocycles. The highest BCUT2D eigenvalue weighted by atomic mass is 35.5. The van der Waals surface area contributed by atoms with Gasteiger partial charge in [-0.05, 0) is 6.92 Å². The first kappa shape index (κ1) is 8.81. The van der Waals surface area contributed by atoms with Gasteiger partial charge in [-0.15, -0.1) is 11.6 Å². The number of halogens is 1. The fourth-order valence-corrected chi connectivity index (χ4v) is 1.33. The Bertz CT molecular complexity index is 151. The van der Waals surface area contributed by atoms with Crippen molar-refractivity contribution in [3.8, 4) is 0 Å². The Morgan fingerprint density at radius 1 is 1.82 bits per heavy atom. The fourth-order valence-electron chi connectivity index (χ4n) is 1.17. The van der Waals surface area contributed by atoms with E-state index in [0.29, 0.717) is 19.8 Å². The van der Waals surface area contributed by atoms with Crippen LogP contribution >= 0.6 is 11.6 Å². The Morgan fingerprint density at radius 2 is 2.55 bits per heavy atom. The second-order valence-electron chi connectivity index (χ2n) is 2.64. The minimum absolute atomic E-state index is 0.00228. The van der Waals surface area contributed by atoms with E-state index >= 15 is 0 Å². The van der Waals surface area contributed by atoms with E-state index in [4.69, 9.17) is 16.3 Å². The average Bonchev–Trinajstić information content (AvgIpc) is 2.04. The van der Waals surface area contributed by atoms with Crippen molar-refractivity contribution in [2.75, 3.05) is 25.6 Å². The highest BCUT2D eigenvalue weighted by Crippen LogP contribution is 2.06. The Morgan fingerprint density at radius 3 is 3.09 bits per heavy atom. The lowest BCUT2D eigenvalue weighted by molar-refractivity contribution is -0.136. The molecule has 0 saturated carbocycles. The van der Waals surface area contributed by atoms with Crippen LogP contribution in [0.5, 0.6) is 0 Å². The van der Waals surface area contributed by atoms with E-state index < -0.39 is 0 Å². The van der Waals surface area contributed by atoms with E-state index in [1.807, 2.05) is 6.92 Å². The van der Waals surface area contributed by atoms with Crippen molar-refractivity contribution in [2.45, 2.75) is 13.0 Å². The number of hydrogen-bond acceptors (Lipinski definition) is 2. The first-order valence-corrected chi connectivity index (χ1v) is 4.22. The van der Waals surface area contributed by atoms with Crippen molar-refractivity contribution >= 4 is 17.5 Å². The number of alkyl halides is 1. The molecule has 1 saturated heterocycles. The molecule has 4 heteroatoms. The second kappa shape index (κ2) is 3.93. The summed E-state index contributed by atoms with van der Waals surface area (Å²) in [6.45, 7) is 3.89. The van der Waals surface area contributed by atoms with Crippen LogP contribution in [0, 0.1) is 0 Å². The molecule has 1 heterocycles. The number of nitrogens with zero attached hydrogens (tertiary/aromatic N) is 1. The maximum atomic E-state index is 11.1. The summed E-state index contributed by atoms with van der Waals surface area (Å²) >= 11 is 5.42. The number of morpholine rings is 1. The maximum Gasteiger partial charge on any atom is 0.237 e. The highest BCUT2D eigenvalue weighted by Gasteiger charge is 2.22. The van der Waals surface area contributed by atoms with Crippen molar-refractivity contribution in [2.24, 2.45) is 0 Å². The summed E-state index contributed by atoms with van der Waals surface area (Å²) in [5.74, 6) is 0.0760. The molecule has 0 N–H and O–H groups in total. The monoisotopic (exact) mass is 177 g/mol. The number of carbonyl (C=O) groups is 1. The molecule has 1 aliphatic rings. The zero-order valence-electron chi connectivity index (χ0n) is 6.55. The van der Waals surface area contributed by atoms with Gasteiger partial charge in [-0.3, -0.25) is 4.79 Å². The molecule has 1 fully saturated rings. The van der Waals surface area contributed by atoms with E-state index in [1.54, 1.807) is 4.90 Å². The molecule has 0 bridgehead atoms. The Balaban J connectivity index is 2.47. The summed E-state index contributed by atoms with van der Waals surface area (Å²) in [6, 6.07) is 0.176. The number of ether oxygens (including phenoxy) is 1. The minimum atomic E-state index is 0.00228. The van der Waals surface area contributed by atoms with Gasteiger partial charge in [0.05, 0.1) is 19.3 Å². The van der Waals surface area contributed by atoms with Gasteiger partial charge in [0.25, 0.3) is 0 Å². The van der Waals surface area contributed by atoms with E-state index in [9.17, 15) is 4.79 Å². The van der Waals surface area contributed by atoms with E-state index in [1.165, 1.54) is 0 Å². The standard InChI is InChI=1S/C7H12ClNO2/c1-6-5-11-3-2-9(6)7(10)4-8/h6H,2-5H2,1H3. The highest BCUT2D eigenvalue weighted by molar-refractivity contribution is 6.27. The molecule has 1 aliphatic heterocycles. The zero-order chi connectivity index (χ0) is 8.27. The van der Waals surface area contributed by atoms with Crippen molar-refractivity contribution in [1.82, 2.24) is 4.90 Å². The molecule has 0 aromatic rings. The molecule has 3 nitrogen and oxygen atoms in total. The van der Waals surface area contributed by atoms with Crippen LogP contribution in [0.3, 0.4) is 0 Å². The van der Waals surface area contributed by atoms with Crippen LogP contribution in [0.2, 0.25) is 0 Å². The molecule has 1 rings (SSSR count). The van der Waals surface area contributed by atoms with Crippen LogP contribution in [0.4, 0.5) is 0 Å². The van der Waals surface area contributed by atoms with Crippen LogP contribution in [0.15, 0.2) is 0 Å². The Hall–Kier alpha value is -0.280. The van der Waals surface area contributed by atoms with Gasteiger partial charge in [-0.2, -0.15) is 0 Å². The first-order chi connectivity index (χ1) is 5.25. The molecule has 64 valence electrons. The molecule has 0 aromatic heterocycles. The molecule has 11 heavy (non-hydrogen) atoms. The van der Waals surface area contributed by atoms with Crippen molar-refractivity contribution in [3.63, 3.8) is 0 Å². The van der Waals surface area contributed by atoms with Crippen LogP contribution in [0.1, 0.15) is 6.92 Å². The van der Waals surface area contributed by atoms with Gasteiger partial charge < -0.3 is 9.64 Å². The third kappa shape index (κ3) is 2.07. The van der Waals surface area contributed by atoms with E-state index in [0.717, 1.165) is 0 Å². The summed E-state index contributed by atoms with van der Waals surface area (Å²) in [6.07, 6.45) is 0. The summed E-state index contributed by atoms with van der Waals surface area (Å²) in [5, 5.41) is 0. The van der Waals surface area contributed by atoms with Crippen molar-refractivity contribution in [1.29, 1.82) is 0 Å². The maximum absolute atomic E-state index is 11.1. The van der Waals surface area contributed by atoms with E-state index in [-0.39, 0.29) is 17.8 Å². The fraction of sp³-hybridized carbons (Fsp3) is 0.857. The molecule has 0 spiro atoms. The number of hydrogen-bond donors (Lipinski definition) is 0. The molecule has 0 aliphatic carbocycles. The lowest BCUT2D eigenvalue weighted by Crippen LogP contribution is -2.47. The Kier molecular flexibility index (Phi) is 3.15. The largest absolute Gasteiger partial charge is 0.377 e. The summed E-state index contributed by atoms with van der Waals surface area (Å²) < 4.78 is 5.17. The normalized spacial score (nSPS) is 25.3.